The van der Waals surface area contributed by atoms with Crippen molar-refractivity contribution < 1.29 is 4.39 Å². The summed E-state index contributed by atoms with van der Waals surface area (Å²) < 4.78 is 12.9. The maximum atomic E-state index is 12.9. The molecule has 1 atom stereocenters. The molecular formula is C14H20ClFN2. The van der Waals surface area contributed by atoms with E-state index < -0.39 is 0 Å². The molecule has 18 heavy (non-hydrogen) atoms. The van der Waals surface area contributed by atoms with Crippen LogP contribution in [0.25, 0.3) is 0 Å². The molecule has 0 amide bonds. The highest BCUT2D eigenvalue weighted by Gasteiger charge is 2.28. The summed E-state index contributed by atoms with van der Waals surface area (Å²) in [5.41, 5.74) is 0.944. The van der Waals surface area contributed by atoms with Gasteiger partial charge in [-0.15, -0.1) is 0 Å². The molecular weight excluding hydrogens is 251 g/mol. The zero-order valence-corrected chi connectivity index (χ0v) is 11.7. The van der Waals surface area contributed by atoms with Crippen LogP contribution in [0.1, 0.15) is 25.3 Å². The van der Waals surface area contributed by atoms with E-state index >= 15 is 0 Å². The number of hydrogen-bond donors (Lipinski definition) is 1. The minimum absolute atomic E-state index is 0.286. The minimum atomic E-state index is -0.286. The fourth-order valence-corrected chi connectivity index (χ4v) is 2.30. The lowest BCUT2D eigenvalue weighted by Gasteiger charge is -2.24. The van der Waals surface area contributed by atoms with Gasteiger partial charge in [0.05, 0.1) is 0 Å². The van der Waals surface area contributed by atoms with E-state index in [1.54, 1.807) is 6.07 Å². The van der Waals surface area contributed by atoms with Crippen molar-refractivity contribution in [2.24, 2.45) is 0 Å². The van der Waals surface area contributed by atoms with E-state index in [0.717, 1.165) is 18.2 Å². The van der Waals surface area contributed by atoms with E-state index in [1.807, 2.05) is 0 Å². The zero-order valence-electron chi connectivity index (χ0n) is 10.9. The quantitative estimate of drug-likeness (QED) is 0.855. The average Bonchev–Trinajstić information content (AvgIpc) is 3.15. The monoisotopic (exact) mass is 270 g/mol. The van der Waals surface area contributed by atoms with Crippen LogP contribution in [-0.4, -0.2) is 30.6 Å². The summed E-state index contributed by atoms with van der Waals surface area (Å²) in [7, 11) is 2.18. The van der Waals surface area contributed by atoms with Crippen molar-refractivity contribution >= 4 is 11.6 Å². The molecule has 0 heterocycles. The number of hydrogen-bond acceptors (Lipinski definition) is 2. The molecule has 1 aliphatic carbocycles. The van der Waals surface area contributed by atoms with Crippen LogP contribution in [0.3, 0.4) is 0 Å². The van der Waals surface area contributed by atoms with Crippen molar-refractivity contribution in [2.75, 3.05) is 13.6 Å². The SMILES string of the molecule is CC(CNCc1ccc(F)cc1Cl)N(C)C1CC1. The summed E-state index contributed by atoms with van der Waals surface area (Å²) in [4.78, 5) is 2.42. The van der Waals surface area contributed by atoms with Crippen LogP contribution in [0, 0.1) is 5.82 Å². The summed E-state index contributed by atoms with van der Waals surface area (Å²) >= 11 is 5.98. The first-order chi connectivity index (χ1) is 8.58. The van der Waals surface area contributed by atoms with Crippen LogP contribution in [0.4, 0.5) is 4.39 Å². The molecule has 0 aliphatic heterocycles. The van der Waals surface area contributed by atoms with Gasteiger partial charge >= 0.3 is 0 Å². The standard InChI is InChI=1S/C14H20ClFN2/c1-10(18(2)13-5-6-13)8-17-9-11-3-4-12(16)7-14(11)15/h3-4,7,10,13,17H,5-6,8-9H2,1-2H3. The van der Waals surface area contributed by atoms with Crippen molar-refractivity contribution in [3.05, 3.63) is 34.6 Å². The number of rotatable bonds is 6. The molecule has 1 aromatic rings. The Kier molecular flexibility index (Phi) is 4.60. The third-order valence-electron chi connectivity index (χ3n) is 3.59. The first-order valence-corrected chi connectivity index (χ1v) is 6.82. The van der Waals surface area contributed by atoms with E-state index in [2.05, 4.69) is 24.2 Å². The van der Waals surface area contributed by atoms with Gasteiger partial charge in [-0.2, -0.15) is 0 Å². The highest BCUT2D eigenvalue weighted by molar-refractivity contribution is 6.31. The van der Waals surface area contributed by atoms with Crippen molar-refractivity contribution in [1.29, 1.82) is 0 Å². The Labute approximate surface area is 113 Å². The molecule has 0 bridgehead atoms. The van der Waals surface area contributed by atoms with Gasteiger partial charge in [0.15, 0.2) is 0 Å². The summed E-state index contributed by atoms with van der Waals surface area (Å²) in [5, 5.41) is 3.87. The Morgan fingerprint density at radius 2 is 2.22 bits per heavy atom. The van der Waals surface area contributed by atoms with Gasteiger partial charge in [-0.1, -0.05) is 17.7 Å². The van der Waals surface area contributed by atoms with Gasteiger partial charge in [0.2, 0.25) is 0 Å². The maximum absolute atomic E-state index is 12.9. The Hall–Kier alpha value is -0.640. The second kappa shape index (κ2) is 6.00. The summed E-state index contributed by atoms with van der Waals surface area (Å²) in [6, 6.07) is 5.83. The third kappa shape index (κ3) is 3.67. The van der Waals surface area contributed by atoms with Gasteiger partial charge in [0.25, 0.3) is 0 Å². The zero-order chi connectivity index (χ0) is 13.1. The molecule has 1 aliphatic rings. The Balaban J connectivity index is 1.77. The van der Waals surface area contributed by atoms with Crippen LogP contribution in [0.15, 0.2) is 18.2 Å². The Morgan fingerprint density at radius 3 is 2.83 bits per heavy atom. The topological polar surface area (TPSA) is 15.3 Å². The minimum Gasteiger partial charge on any atom is -0.311 e. The predicted octanol–water partition coefficient (Wildman–Crippen LogP) is 3.05. The molecule has 100 valence electrons. The number of nitrogens with one attached hydrogen (secondary N) is 1. The molecule has 4 heteroatoms. The third-order valence-corrected chi connectivity index (χ3v) is 3.94. The van der Waals surface area contributed by atoms with E-state index in [4.69, 9.17) is 11.6 Å². The van der Waals surface area contributed by atoms with E-state index in [-0.39, 0.29) is 5.82 Å². The molecule has 2 nitrogen and oxygen atoms in total. The summed E-state index contributed by atoms with van der Waals surface area (Å²) in [5.74, 6) is -0.286. The smallest absolute Gasteiger partial charge is 0.124 e. The molecule has 1 saturated carbocycles. The van der Waals surface area contributed by atoms with Gasteiger partial charge in [-0.05, 0) is 44.5 Å². The summed E-state index contributed by atoms with van der Waals surface area (Å²) in [6.07, 6.45) is 2.65. The molecule has 1 unspecified atom stereocenters. The van der Waals surface area contributed by atoms with Gasteiger partial charge in [-0.25, -0.2) is 4.39 Å². The van der Waals surface area contributed by atoms with E-state index in [9.17, 15) is 4.39 Å². The second-order valence-corrected chi connectivity index (χ2v) is 5.52. The fraction of sp³-hybridized carbons (Fsp3) is 0.571. The van der Waals surface area contributed by atoms with Crippen LogP contribution < -0.4 is 5.32 Å². The Morgan fingerprint density at radius 1 is 1.50 bits per heavy atom. The normalized spacial score (nSPS) is 17.2. The largest absolute Gasteiger partial charge is 0.311 e. The highest BCUT2D eigenvalue weighted by atomic mass is 35.5. The van der Waals surface area contributed by atoms with Crippen molar-refractivity contribution in [3.8, 4) is 0 Å². The molecule has 1 aromatic carbocycles. The maximum Gasteiger partial charge on any atom is 0.124 e. The van der Waals surface area contributed by atoms with Gasteiger partial charge in [0, 0.05) is 30.2 Å². The molecule has 1 fully saturated rings. The Bertz CT molecular complexity index is 407. The molecule has 0 aromatic heterocycles. The average molecular weight is 271 g/mol. The number of halogens is 2. The van der Waals surface area contributed by atoms with Crippen LogP contribution in [0.5, 0.6) is 0 Å². The van der Waals surface area contributed by atoms with Crippen molar-refractivity contribution in [2.45, 2.75) is 38.4 Å². The van der Waals surface area contributed by atoms with E-state index in [0.29, 0.717) is 17.6 Å². The lowest BCUT2D eigenvalue weighted by atomic mass is 10.2. The lowest BCUT2D eigenvalue weighted by Crippen LogP contribution is -2.38. The van der Waals surface area contributed by atoms with Crippen LogP contribution in [0.2, 0.25) is 5.02 Å². The first-order valence-electron chi connectivity index (χ1n) is 6.44. The van der Waals surface area contributed by atoms with Crippen molar-refractivity contribution in [3.63, 3.8) is 0 Å². The van der Waals surface area contributed by atoms with Crippen LogP contribution in [-0.2, 0) is 6.54 Å². The van der Waals surface area contributed by atoms with Gasteiger partial charge in [0.1, 0.15) is 5.82 Å². The fourth-order valence-electron chi connectivity index (χ4n) is 2.07. The predicted molar refractivity (Wildman–Crippen MR) is 73.4 cm³/mol. The first kappa shape index (κ1) is 13.8. The second-order valence-electron chi connectivity index (χ2n) is 5.11. The number of benzene rings is 1. The highest BCUT2D eigenvalue weighted by Crippen LogP contribution is 2.26. The van der Waals surface area contributed by atoms with E-state index in [1.165, 1.54) is 25.0 Å². The summed E-state index contributed by atoms with van der Waals surface area (Å²) in [6.45, 7) is 3.82. The lowest BCUT2D eigenvalue weighted by molar-refractivity contribution is 0.241. The molecule has 0 radical (unpaired) electrons. The van der Waals surface area contributed by atoms with Crippen LogP contribution >= 0.6 is 11.6 Å². The number of nitrogens with zero attached hydrogens (tertiary/aromatic N) is 1. The number of likely N-dealkylation sites (N-methyl/N-ethyl adjacent to an activating group) is 1. The molecule has 0 saturated heterocycles. The van der Waals surface area contributed by atoms with Gasteiger partial charge < -0.3 is 5.32 Å². The molecule has 1 N–H and O–H groups in total. The molecule has 0 spiro atoms. The van der Waals surface area contributed by atoms with Crippen molar-refractivity contribution in [1.82, 2.24) is 10.2 Å². The molecule has 2 rings (SSSR count). The van der Waals surface area contributed by atoms with Gasteiger partial charge in [-0.3, -0.25) is 4.90 Å².